The van der Waals surface area contributed by atoms with Crippen molar-refractivity contribution in [3.8, 4) is 33.8 Å². The fourth-order valence-electron chi connectivity index (χ4n) is 6.30. The normalized spacial score (nSPS) is 15.5. The van der Waals surface area contributed by atoms with E-state index in [1.807, 2.05) is 0 Å². The van der Waals surface area contributed by atoms with Gasteiger partial charge in [0.15, 0.2) is 0 Å². The first-order chi connectivity index (χ1) is 20.4. The van der Waals surface area contributed by atoms with Gasteiger partial charge in [-0.1, -0.05) is 96.6 Å². The Labute approximate surface area is 253 Å². The summed E-state index contributed by atoms with van der Waals surface area (Å²) in [6.45, 7) is 10.6. The van der Waals surface area contributed by atoms with Gasteiger partial charge in [0, 0.05) is 5.92 Å². The second-order valence-corrected chi connectivity index (χ2v) is 13.5. The molecule has 0 aliphatic heterocycles. The monoisotopic (exact) mass is 568 g/mol. The van der Waals surface area contributed by atoms with Crippen LogP contribution in [0.15, 0.2) is 95.3 Å². The van der Waals surface area contributed by atoms with E-state index >= 15 is 0 Å². The van der Waals surface area contributed by atoms with Crippen LogP contribution < -0.4 is 9.47 Å². The minimum absolute atomic E-state index is 0.176. The van der Waals surface area contributed by atoms with E-state index in [2.05, 4.69) is 132 Å². The lowest BCUT2D eigenvalue weighted by atomic mass is 9.92. The Hall–Kier alpha value is -3.82. The summed E-state index contributed by atoms with van der Waals surface area (Å²) in [4.78, 5) is 0. The topological polar surface area (TPSA) is 18.5 Å². The minimum Gasteiger partial charge on any atom is -0.491 e. The van der Waals surface area contributed by atoms with E-state index < -0.39 is 0 Å². The molecule has 2 aliphatic carbocycles. The first-order valence-corrected chi connectivity index (χ1v) is 16.4. The van der Waals surface area contributed by atoms with Gasteiger partial charge < -0.3 is 9.47 Å². The summed E-state index contributed by atoms with van der Waals surface area (Å²) in [7, 11) is 0.703. The summed E-state index contributed by atoms with van der Waals surface area (Å²) in [5, 5.41) is 3.11. The molecular formula is C39H40O2Si. The van der Waals surface area contributed by atoms with E-state index in [4.69, 9.17) is 9.47 Å². The maximum atomic E-state index is 5.90. The van der Waals surface area contributed by atoms with Crippen molar-refractivity contribution in [2.45, 2.75) is 72.0 Å². The lowest BCUT2D eigenvalue weighted by Crippen LogP contribution is -2.08. The van der Waals surface area contributed by atoms with Crippen LogP contribution in [0.3, 0.4) is 0 Å². The van der Waals surface area contributed by atoms with Crippen molar-refractivity contribution in [3.63, 3.8) is 0 Å². The fraction of sp³-hybridized carbons (Fsp3) is 0.282. The van der Waals surface area contributed by atoms with Crippen LogP contribution in [-0.2, 0) is 6.42 Å². The highest BCUT2D eigenvalue weighted by Crippen LogP contribution is 2.45. The molecule has 0 saturated carbocycles. The molecule has 212 valence electrons. The third kappa shape index (κ3) is 5.89. The van der Waals surface area contributed by atoms with Crippen molar-refractivity contribution in [2.75, 3.05) is 0 Å². The van der Waals surface area contributed by atoms with Gasteiger partial charge in [0.1, 0.15) is 21.0 Å². The van der Waals surface area contributed by atoms with Gasteiger partial charge >= 0.3 is 0 Å². The molecule has 0 aromatic heterocycles. The zero-order chi connectivity index (χ0) is 29.2. The molecule has 3 heteroatoms. The Morgan fingerprint density at radius 2 is 1.26 bits per heavy atom. The number of fused-ring (bicyclic) bond motifs is 2. The van der Waals surface area contributed by atoms with Crippen molar-refractivity contribution in [1.29, 1.82) is 0 Å². The van der Waals surface area contributed by atoms with Crippen molar-refractivity contribution in [1.82, 2.24) is 0 Å². The molecule has 2 aliphatic rings. The number of hydrogen-bond donors (Lipinski definition) is 0. The maximum Gasteiger partial charge on any atom is 0.119 e. The van der Waals surface area contributed by atoms with E-state index in [9.17, 15) is 0 Å². The molecule has 4 aromatic rings. The van der Waals surface area contributed by atoms with E-state index in [1.165, 1.54) is 62.5 Å². The summed E-state index contributed by atoms with van der Waals surface area (Å²) >= 11 is 0. The highest BCUT2D eigenvalue weighted by atomic mass is 28.2. The van der Waals surface area contributed by atoms with Crippen molar-refractivity contribution in [3.05, 3.63) is 118 Å². The van der Waals surface area contributed by atoms with Crippen LogP contribution >= 0.6 is 0 Å². The van der Waals surface area contributed by atoms with Crippen molar-refractivity contribution < 1.29 is 9.47 Å². The van der Waals surface area contributed by atoms with Gasteiger partial charge in [0.2, 0.25) is 0 Å². The summed E-state index contributed by atoms with van der Waals surface area (Å²) in [6, 6.07) is 30.8. The van der Waals surface area contributed by atoms with Crippen LogP contribution in [0.25, 0.3) is 34.4 Å². The zero-order valence-electron chi connectivity index (χ0n) is 25.4. The summed E-state index contributed by atoms with van der Waals surface area (Å²) < 4.78 is 11.8. The Morgan fingerprint density at radius 3 is 1.83 bits per heavy atom. The van der Waals surface area contributed by atoms with Gasteiger partial charge in [-0.2, -0.15) is 0 Å². The lowest BCUT2D eigenvalue weighted by molar-refractivity contribution is 0.242. The molecule has 0 heterocycles. The second-order valence-electron chi connectivity index (χ2n) is 12.0. The smallest absolute Gasteiger partial charge is 0.119 e. The van der Waals surface area contributed by atoms with Gasteiger partial charge in [0.25, 0.3) is 0 Å². The number of rotatable bonds is 10. The molecule has 0 bridgehead atoms. The van der Waals surface area contributed by atoms with Crippen molar-refractivity contribution in [2.24, 2.45) is 0 Å². The van der Waals surface area contributed by atoms with Crippen molar-refractivity contribution >= 4 is 21.7 Å². The number of hydrogen-bond acceptors (Lipinski definition) is 2. The number of ether oxygens (including phenoxy) is 2. The standard InChI is InChI=1S/C39H40O2Si/c1-6-9-36-35-13-8-12-34(28-16-20-31(21-17-28)41-26(4)5)38(35)24-39(36)42-32-22-29-10-7-11-33(37(29)23-32)27-14-18-30(19-15-27)40-25(2)3/h7-8,10-21,23-26,36H,6,9,22H2,1-5H3. The molecule has 6 rings (SSSR count). The van der Waals surface area contributed by atoms with E-state index in [1.54, 1.807) is 5.20 Å². The molecule has 2 nitrogen and oxygen atoms in total. The third-order valence-electron chi connectivity index (χ3n) is 8.04. The largest absolute Gasteiger partial charge is 0.491 e. The molecule has 42 heavy (non-hydrogen) atoms. The lowest BCUT2D eigenvalue weighted by Gasteiger charge is -2.17. The zero-order valence-corrected chi connectivity index (χ0v) is 26.4. The molecule has 1 atom stereocenters. The van der Waals surface area contributed by atoms with Crippen LogP contribution in [0.4, 0.5) is 0 Å². The number of benzene rings is 4. The SMILES string of the molecule is CCCC1C([Si]C2=Cc3c(cccc3-c3ccc(OC(C)C)cc3)C2)=Cc2c(-c3ccc(OC(C)C)cc3)cccc21. The minimum atomic E-state index is 0.176. The summed E-state index contributed by atoms with van der Waals surface area (Å²) in [6.07, 6.45) is 8.74. The van der Waals surface area contributed by atoms with Crippen LogP contribution in [0.2, 0.25) is 0 Å². The Bertz CT molecular complexity index is 1620. The molecule has 0 spiro atoms. The van der Waals surface area contributed by atoms with Gasteiger partial charge in [-0.3, -0.25) is 0 Å². The van der Waals surface area contributed by atoms with Crippen LogP contribution in [0.5, 0.6) is 11.5 Å². The molecule has 0 amide bonds. The predicted molar refractivity (Wildman–Crippen MR) is 178 cm³/mol. The first-order valence-electron chi connectivity index (χ1n) is 15.4. The quantitative estimate of drug-likeness (QED) is 0.177. The molecule has 0 N–H and O–H groups in total. The van der Waals surface area contributed by atoms with Gasteiger partial charge in [-0.25, -0.2) is 0 Å². The Balaban J connectivity index is 1.28. The number of allylic oxidation sites excluding steroid dienone is 2. The average Bonchev–Trinajstić information content (AvgIpc) is 3.54. The highest BCUT2D eigenvalue weighted by molar-refractivity contribution is 6.57. The maximum absolute atomic E-state index is 5.90. The Kier molecular flexibility index (Phi) is 8.22. The van der Waals surface area contributed by atoms with Gasteiger partial charge in [-0.05, 0) is 109 Å². The average molecular weight is 569 g/mol. The first kappa shape index (κ1) is 28.3. The van der Waals surface area contributed by atoms with Gasteiger partial charge in [0.05, 0.1) is 12.2 Å². The fourth-order valence-corrected chi connectivity index (χ4v) is 7.86. The molecule has 1 unspecified atom stereocenters. The Morgan fingerprint density at radius 1 is 0.690 bits per heavy atom. The van der Waals surface area contributed by atoms with Crippen LogP contribution in [0, 0.1) is 0 Å². The molecule has 2 radical (unpaired) electrons. The van der Waals surface area contributed by atoms with Crippen LogP contribution in [-0.4, -0.2) is 21.7 Å². The summed E-state index contributed by atoms with van der Waals surface area (Å²) in [5.41, 5.74) is 10.8. The second kappa shape index (κ2) is 12.2. The van der Waals surface area contributed by atoms with E-state index in [0.717, 1.165) is 17.9 Å². The van der Waals surface area contributed by atoms with E-state index in [-0.39, 0.29) is 12.2 Å². The van der Waals surface area contributed by atoms with Gasteiger partial charge in [-0.15, -0.1) is 0 Å². The molecule has 4 aromatic carbocycles. The molecule has 0 saturated heterocycles. The van der Waals surface area contributed by atoms with E-state index in [0.29, 0.717) is 15.4 Å². The third-order valence-corrected chi connectivity index (χ3v) is 9.47. The summed E-state index contributed by atoms with van der Waals surface area (Å²) in [5.74, 6) is 2.34. The predicted octanol–water partition coefficient (Wildman–Crippen LogP) is 10.1. The molecule has 0 fully saturated rings. The highest BCUT2D eigenvalue weighted by Gasteiger charge is 2.29. The van der Waals surface area contributed by atoms with Crippen LogP contribution in [0.1, 0.15) is 75.6 Å². The molecular weight excluding hydrogens is 529 g/mol.